The predicted molar refractivity (Wildman–Crippen MR) is 63.8 cm³/mol. The maximum absolute atomic E-state index is 4.37. The molecular weight excluding hydrogens is 270 g/mol. The first-order valence-corrected chi connectivity index (χ1v) is 5.65. The molecule has 0 spiro atoms. The smallest absolute Gasteiger partial charge is 0.0935 e. The number of pyridine rings is 1. The lowest BCUT2D eigenvalue weighted by Gasteiger charge is -2.14. The van der Waals surface area contributed by atoms with Gasteiger partial charge in [0.15, 0.2) is 0 Å². The Hall–Kier alpha value is -1.27. The Bertz CT molecular complexity index is 464. The number of hydrogen-bond acceptors (Lipinski definition) is 4. The first kappa shape index (κ1) is 11.2. The Morgan fingerprint density at radius 2 is 2.19 bits per heavy atom. The van der Waals surface area contributed by atoms with E-state index >= 15 is 0 Å². The standard InChI is InChI=1S/C10H12BrN5/c1-12-10(9-6-14-15-16(9)2)8-4-3-7(11)5-13-8/h3-6,10,12H,1-2H3. The summed E-state index contributed by atoms with van der Waals surface area (Å²) in [6.07, 6.45) is 3.52. The van der Waals surface area contributed by atoms with Crippen molar-refractivity contribution in [3.05, 3.63) is 40.4 Å². The summed E-state index contributed by atoms with van der Waals surface area (Å²) < 4.78 is 2.71. The molecule has 84 valence electrons. The van der Waals surface area contributed by atoms with Crippen molar-refractivity contribution in [1.82, 2.24) is 25.3 Å². The Morgan fingerprint density at radius 3 is 2.69 bits per heavy atom. The average Bonchev–Trinajstić information content (AvgIpc) is 2.69. The lowest BCUT2D eigenvalue weighted by Crippen LogP contribution is -2.21. The highest BCUT2D eigenvalue weighted by atomic mass is 79.9. The summed E-state index contributed by atoms with van der Waals surface area (Å²) in [7, 11) is 3.76. The zero-order chi connectivity index (χ0) is 11.5. The Morgan fingerprint density at radius 1 is 1.38 bits per heavy atom. The molecular formula is C10H12BrN5. The largest absolute Gasteiger partial charge is 0.307 e. The zero-order valence-electron chi connectivity index (χ0n) is 9.05. The van der Waals surface area contributed by atoms with Gasteiger partial charge in [-0.15, -0.1) is 5.10 Å². The van der Waals surface area contributed by atoms with E-state index in [0.717, 1.165) is 15.9 Å². The zero-order valence-corrected chi connectivity index (χ0v) is 10.6. The normalized spacial score (nSPS) is 12.7. The summed E-state index contributed by atoms with van der Waals surface area (Å²) in [5.41, 5.74) is 1.92. The molecule has 1 atom stereocenters. The SMILES string of the molecule is CNC(c1ccc(Br)cn1)c1cnnn1C. The molecule has 2 rings (SSSR count). The molecule has 0 aromatic carbocycles. The van der Waals surface area contributed by atoms with Crippen LogP contribution in [0.15, 0.2) is 29.0 Å². The van der Waals surface area contributed by atoms with Crippen molar-refractivity contribution < 1.29 is 0 Å². The van der Waals surface area contributed by atoms with Crippen LogP contribution in [0.2, 0.25) is 0 Å². The van der Waals surface area contributed by atoms with Crippen molar-refractivity contribution in [1.29, 1.82) is 0 Å². The second-order valence-electron chi connectivity index (χ2n) is 3.41. The van der Waals surface area contributed by atoms with Crippen LogP contribution < -0.4 is 5.32 Å². The van der Waals surface area contributed by atoms with Crippen molar-refractivity contribution in [2.24, 2.45) is 7.05 Å². The number of hydrogen-bond donors (Lipinski definition) is 1. The van der Waals surface area contributed by atoms with E-state index in [1.165, 1.54) is 0 Å². The maximum atomic E-state index is 4.37. The third-order valence-electron chi connectivity index (χ3n) is 2.38. The van der Waals surface area contributed by atoms with Crippen LogP contribution in [0.3, 0.4) is 0 Å². The van der Waals surface area contributed by atoms with E-state index in [1.807, 2.05) is 26.2 Å². The third kappa shape index (κ3) is 2.12. The lowest BCUT2D eigenvalue weighted by molar-refractivity contribution is 0.587. The Kier molecular flexibility index (Phi) is 3.31. The van der Waals surface area contributed by atoms with Gasteiger partial charge in [0.2, 0.25) is 0 Å². The predicted octanol–water partition coefficient (Wildman–Crippen LogP) is 1.28. The minimum absolute atomic E-state index is 0.00750. The summed E-state index contributed by atoms with van der Waals surface area (Å²) in [5.74, 6) is 0. The summed E-state index contributed by atoms with van der Waals surface area (Å²) >= 11 is 3.37. The molecule has 1 unspecified atom stereocenters. The molecule has 0 aliphatic rings. The van der Waals surface area contributed by atoms with Gasteiger partial charge >= 0.3 is 0 Å². The van der Waals surface area contributed by atoms with Crippen LogP contribution in [0.25, 0.3) is 0 Å². The van der Waals surface area contributed by atoms with E-state index in [9.17, 15) is 0 Å². The molecule has 0 fully saturated rings. The molecule has 0 aliphatic heterocycles. The van der Waals surface area contributed by atoms with Crippen LogP contribution in [-0.2, 0) is 7.05 Å². The summed E-state index contributed by atoms with van der Waals surface area (Å²) in [6.45, 7) is 0. The highest BCUT2D eigenvalue weighted by Crippen LogP contribution is 2.19. The summed E-state index contributed by atoms with van der Waals surface area (Å²) in [4.78, 5) is 4.37. The van der Waals surface area contributed by atoms with Crippen molar-refractivity contribution in [2.45, 2.75) is 6.04 Å². The molecule has 0 aliphatic carbocycles. The quantitative estimate of drug-likeness (QED) is 0.921. The second kappa shape index (κ2) is 4.71. The third-order valence-corrected chi connectivity index (χ3v) is 2.85. The number of aryl methyl sites for hydroxylation is 1. The van der Waals surface area contributed by atoms with E-state index in [-0.39, 0.29) is 6.04 Å². The van der Waals surface area contributed by atoms with Gasteiger partial charge in [-0.3, -0.25) is 9.67 Å². The van der Waals surface area contributed by atoms with Crippen molar-refractivity contribution in [3.8, 4) is 0 Å². The molecule has 1 N–H and O–H groups in total. The van der Waals surface area contributed by atoms with Crippen LogP contribution in [0.5, 0.6) is 0 Å². The lowest BCUT2D eigenvalue weighted by atomic mass is 10.1. The van der Waals surface area contributed by atoms with Gasteiger partial charge in [0.05, 0.1) is 23.6 Å². The highest BCUT2D eigenvalue weighted by molar-refractivity contribution is 9.10. The summed E-state index contributed by atoms with van der Waals surface area (Å²) in [5, 5.41) is 11.0. The van der Waals surface area contributed by atoms with Gasteiger partial charge in [0, 0.05) is 17.7 Å². The van der Waals surface area contributed by atoms with Gasteiger partial charge in [-0.05, 0) is 35.1 Å². The van der Waals surface area contributed by atoms with E-state index in [0.29, 0.717) is 0 Å². The number of rotatable bonds is 3. The number of halogens is 1. The van der Waals surface area contributed by atoms with Crippen molar-refractivity contribution >= 4 is 15.9 Å². The van der Waals surface area contributed by atoms with Gasteiger partial charge < -0.3 is 5.32 Å². The molecule has 5 nitrogen and oxygen atoms in total. The fraction of sp³-hybridized carbons (Fsp3) is 0.300. The summed E-state index contributed by atoms with van der Waals surface area (Å²) in [6, 6.07) is 3.95. The minimum atomic E-state index is 0.00750. The van der Waals surface area contributed by atoms with Crippen LogP contribution in [0.1, 0.15) is 17.4 Å². The molecule has 0 saturated heterocycles. The molecule has 6 heteroatoms. The molecule has 0 saturated carbocycles. The molecule has 2 heterocycles. The number of aromatic nitrogens is 4. The van der Waals surface area contributed by atoms with Crippen LogP contribution in [0, 0.1) is 0 Å². The van der Waals surface area contributed by atoms with Crippen LogP contribution in [0.4, 0.5) is 0 Å². The highest BCUT2D eigenvalue weighted by Gasteiger charge is 2.16. The monoisotopic (exact) mass is 281 g/mol. The Balaban J connectivity index is 2.37. The van der Waals surface area contributed by atoms with Gasteiger partial charge in [-0.2, -0.15) is 0 Å². The molecule has 2 aromatic heterocycles. The van der Waals surface area contributed by atoms with E-state index in [2.05, 4.69) is 36.5 Å². The molecule has 0 radical (unpaired) electrons. The number of nitrogens with zero attached hydrogens (tertiary/aromatic N) is 4. The second-order valence-corrected chi connectivity index (χ2v) is 4.32. The maximum Gasteiger partial charge on any atom is 0.0935 e. The Labute approximate surface area is 102 Å². The van der Waals surface area contributed by atoms with Crippen molar-refractivity contribution in [2.75, 3.05) is 7.05 Å². The fourth-order valence-corrected chi connectivity index (χ4v) is 1.80. The molecule has 2 aromatic rings. The molecule has 16 heavy (non-hydrogen) atoms. The fourth-order valence-electron chi connectivity index (χ4n) is 1.56. The first-order valence-electron chi connectivity index (χ1n) is 4.85. The first-order chi connectivity index (χ1) is 7.72. The van der Waals surface area contributed by atoms with Crippen LogP contribution in [-0.4, -0.2) is 27.0 Å². The van der Waals surface area contributed by atoms with E-state index in [1.54, 1.807) is 17.1 Å². The van der Waals surface area contributed by atoms with E-state index < -0.39 is 0 Å². The van der Waals surface area contributed by atoms with Gasteiger partial charge in [0.25, 0.3) is 0 Å². The van der Waals surface area contributed by atoms with Gasteiger partial charge in [-0.25, -0.2) is 0 Å². The molecule has 0 bridgehead atoms. The van der Waals surface area contributed by atoms with E-state index in [4.69, 9.17) is 0 Å². The van der Waals surface area contributed by atoms with Crippen molar-refractivity contribution in [3.63, 3.8) is 0 Å². The average molecular weight is 282 g/mol. The van der Waals surface area contributed by atoms with Gasteiger partial charge in [0.1, 0.15) is 0 Å². The minimum Gasteiger partial charge on any atom is -0.307 e. The topological polar surface area (TPSA) is 55.6 Å². The number of nitrogens with one attached hydrogen (secondary N) is 1. The van der Waals surface area contributed by atoms with Gasteiger partial charge in [-0.1, -0.05) is 5.21 Å². The molecule has 0 amide bonds. The van der Waals surface area contributed by atoms with Crippen LogP contribution >= 0.6 is 15.9 Å².